The fourth-order valence-corrected chi connectivity index (χ4v) is 6.07. The molecule has 1 aliphatic heterocycles. The molecule has 160 valence electrons. The van der Waals surface area contributed by atoms with E-state index in [1.165, 1.54) is 27.8 Å². The average molecular weight is 570 g/mol. The maximum atomic E-state index is 6.72. The molecule has 4 aromatic carbocycles. The molecule has 4 aromatic rings. The second kappa shape index (κ2) is 9.18. The Morgan fingerprint density at radius 2 is 1.19 bits per heavy atom. The Kier molecular flexibility index (Phi) is 6.31. The first-order chi connectivity index (χ1) is 15.6. The van der Waals surface area contributed by atoms with Crippen LogP contribution >= 0.6 is 45.8 Å². The zero-order chi connectivity index (χ0) is 22.1. The van der Waals surface area contributed by atoms with E-state index in [4.69, 9.17) is 23.2 Å². The van der Waals surface area contributed by atoms with Gasteiger partial charge in [0.15, 0.2) is 0 Å². The molecule has 32 heavy (non-hydrogen) atoms. The lowest BCUT2D eigenvalue weighted by Gasteiger charge is -2.47. The van der Waals surface area contributed by atoms with Crippen LogP contribution in [0.2, 0.25) is 10.0 Å². The highest BCUT2D eigenvalue weighted by Crippen LogP contribution is 2.46. The van der Waals surface area contributed by atoms with Crippen molar-refractivity contribution in [2.45, 2.75) is 18.5 Å². The lowest BCUT2D eigenvalue weighted by molar-refractivity contribution is 0.139. The average Bonchev–Trinajstić information content (AvgIpc) is 2.85. The second-order valence-corrected chi connectivity index (χ2v) is 9.97. The van der Waals surface area contributed by atoms with Crippen molar-refractivity contribution in [2.75, 3.05) is 6.54 Å². The molecule has 0 atom stereocenters. The Bertz CT molecular complexity index is 1130. The fraction of sp³-hybridized carbons (Fsp3) is 0.143. The van der Waals surface area contributed by atoms with Crippen molar-refractivity contribution in [3.05, 3.63) is 138 Å². The van der Waals surface area contributed by atoms with Crippen LogP contribution in [0.1, 0.15) is 27.8 Å². The van der Waals surface area contributed by atoms with Crippen LogP contribution in [0.15, 0.2) is 97.1 Å². The first-order valence-electron chi connectivity index (χ1n) is 10.7. The molecule has 1 nitrogen and oxygen atoms in total. The summed E-state index contributed by atoms with van der Waals surface area (Å²) in [6.07, 6.45) is 0.885. The van der Waals surface area contributed by atoms with Gasteiger partial charge in [0.2, 0.25) is 0 Å². The van der Waals surface area contributed by atoms with E-state index >= 15 is 0 Å². The Hall–Kier alpha value is -1.85. The molecule has 0 spiro atoms. The van der Waals surface area contributed by atoms with E-state index in [1.54, 1.807) is 0 Å². The highest BCUT2D eigenvalue weighted by atomic mass is 127. The minimum absolute atomic E-state index is 0.427. The maximum Gasteiger partial charge on any atom is 0.0975 e. The van der Waals surface area contributed by atoms with Gasteiger partial charge in [-0.15, -0.1) is 0 Å². The molecular weight excluding hydrogens is 548 g/mol. The topological polar surface area (TPSA) is 3.24 Å². The summed E-state index contributed by atoms with van der Waals surface area (Å²) in [6, 6.07) is 34.6. The van der Waals surface area contributed by atoms with Crippen LogP contribution < -0.4 is 0 Å². The summed E-state index contributed by atoms with van der Waals surface area (Å²) in [6.45, 7) is 1.66. The Morgan fingerprint density at radius 3 is 1.66 bits per heavy atom. The number of hydrogen-bond donors (Lipinski definition) is 0. The molecule has 5 rings (SSSR count). The van der Waals surface area contributed by atoms with Crippen LogP contribution in [-0.4, -0.2) is 11.4 Å². The number of benzene rings is 4. The van der Waals surface area contributed by atoms with Crippen molar-refractivity contribution in [3.63, 3.8) is 0 Å². The highest BCUT2D eigenvalue weighted by molar-refractivity contribution is 14.1. The van der Waals surface area contributed by atoms with Crippen LogP contribution in [-0.2, 0) is 18.5 Å². The zero-order valence-corrected chi connectivity index (χ0v) is 21.1. The van der Waals surface area contributed by atoms with Gasteiger partial charge < -0.3 is 0 Å². The number of fused-ring (bicyclic) bond motifs is 1. The quantitative estimate of drug-likeness (QED) is 0.137. The number of halogens is 3. The molecule has 0 aliphatic carbocycles. The molecule has 0 radical (unpaired) electrons. The molecule has 0 amide bonds. The Morgan fingerprint density at radius 1 is 0.719 bits per heavy atom. The molecule has 0 bridgehead atoms. The standard InChI is InChI=1S/C28H22Cl2IN/c29-25-18-20-19-32(17-16-24(20)26(30)27(25)31)28(21-10-4-1-5-11-21,22-12-6-2-7-13-22)23-14-8-3-9-15-23/h1-15,18H,16-17,19H2. The molecule has 1 heterocycles. The van der Waals surface area contributed by atoms with Crippen LogP contribution in [0, 0.1) is 3.57 Å². The van der Waals surface area contributed by atoms with Crippen LogP contribution in [0.4, 0.5) is 0 Å². The third kappa shape index (κ3) is 3.67. The fourth-order valence-electron chi connectivity index (χ4n) is 5.00. The van der Waals surface area contributed by atoms with Crippen LogP contribution in [0.3, 0.4) is 0 Å². The predicted octanol–water partition coefficient (Wildman–Crippen LogP) is 7.95. The summed E-state index contributed by atoms with van der Waals surface area (Å²) < 4.78 is 0.943. The lowest BCUT2D eigenvalue weighted by Crippen LogP contribution is -2.50. The minimum atomic E-state index is -0.427. The van der Waals surface area contributed by atoms with Crippen molar-refractivity contribution in [2.24, 2.45) is 0 Å². The SMILES string of the molecule is Clc1cc2c(c(Cl)c1I)CCN(C(c1ccccc1)(c1ccccc1)c1ccccc1)C2. The van der Waals surface area contributed by atoms with Crippen molar-refractivity contribution in [3.8, 4) is 0 Å². The molecule has 0 unspecified atom stereocenters. The van der Waals surface area contributed by atoms with Crippen molar-refractivity contribution in [1.29, 1.82) is 0 Å². The Labute approximate surface area is 213 Å². The van der Waals surface area contributed by atoms with Gasteiger partial charge in [-0.25, -0.2) is 0 Å². The minimum Gasteiger partial charge on any atom is -0.281 e. The van der Waals surface area contributed by atoms with E-state index in [0.717, 1.165) is 33.1 Å². The first kappa shape index (κ1) is 22.0. The van der Waals surface area contributed by atoms with Crippen LogP contribution in [0.25, 0.3) is 0 Å². The van der Waals surface area contributed by atoms with Gasteiger partial charge in [0.05, 0.1) is 19.2 Å². The monoisotopic (exact) mass is 569 g/mol. The maximum absolute atomic E-state index is 6.72. The van der Waals surface area contributed by atoms with Gasteiger partial charge in [-0.3, -0.25) is 4.90 Å². The third-order valence-electron chi connectivity index (χ3n) is 6.40. The van der Waals surface area contributed by atoms with Gasteiger partial charge in [-0.05, 0) is 62.9 Å². The molecule has 0 saturated heterocycles. The Balaban J connectivity index is 1.76. The van der Waals surface area contributed by atoms with Crippen molar-refractivity contribution in [1.82, 2.24) is 4.90 Å². The van der Waals surface area contributed by atoms with E-state index in [9.17, 15) is 0 Å². The highest BCUT2D eigenvalue weighted by Gasteiger charge is 2.43. The molecule has 0 aromatic heterocycles. The van der Waals surface area contributed by atoms with Gasteiger partial charge in [0.1, 0.15) is 0 Å². The number of hydrogen-bond acceptors (Lipinski definition) is 1. The van der Waals surface area contributed by atoms with E-state index < -0.39 is 5.54 Å². The normalized spacial score (nSPS) is 14.2. The smallest absolute Gasteiger partial charge is 0.0975 e. The van der Waals surface area contributed by atoms with E-state index in [-0.39, 0.29) is 0 Å². The lowest BCUT2D eigenvalue weighted by atomic mass is 9.74. The number of nitrogens with zero attached hydrogens (tertiary/aromatic N) is 1. The summed E-state index contributed by atoms with van der Waals surface area (Å²) in [5.74, 6) is 0. The summed E-state index contributed by atoms with van der Waals surface area (Å²) in [4.78, 5) is 2.58. The molecule has 4 heteroatoms. The zero-order valence-electron chi connectivity index (χ0n) is 17.4. The van der Waals surface area contributed by atoms with Gasteiger partial charge in [0, 0.05) is 13.1 Å². The van der Waals surface area contributed by atoms with Gasteiger partial charge in [-0.2, -0.15) is 0 Å². The second-order valence-electron chi connectivity index (χ2n) is 8.10. The summed E-state index contributed by atoms with van der Waals surface area (Å²) in [7, 11) is 0. The summed E-state index contributed by atoms with van der Waals surface area (Å²) in [5, 5.41) is 1.53. The summed E-state index contributed by atoms with van der Waals surface area (Å²) >= 11 is 15.5. The van der Waals surface area contributed by atoms with Gasteiger partial charge >= 0.3 is 0 Å². The molecular formula is C28H22Cl2IN. The molecule has 0 saturated carbocycles. The van der Waals surface area contributed by atoms with Crippen molar-refractivity contribution < 1.29 is 0 Å². The largest absolute Gasteiger partial charge is 0.281 e. The van der Waals surface area contributed by atoms with Gasteiger partial charge in [0.25, 0.3) is 0 Å². The van der Waals surface area contributed by atoms with E-state index in [2.05, 4.69) is 125 Å². The van der Waals surface area contributed by atoms with Gasteiger partial charge in [-0.1, -0.05) is 114 Å². The van der Waals surface area contributed by atoms with Crippen LogP contribution in [0.5, 0.6) is 0 Å². The summed E-state index contributed by atoms with van der Waals surface area (Å²) in [5.41, 5.74) is 5.76. The number of rotatable bonds is 4. The first-order valence-corrected chi connectivity index (χ1v) is 12.5. The van der Waals surface area contributed by atoms with E-state index in [1.807, 2.05) is 0 Å². The molecule has 0 N–H and O–H groups in total. The van der Waals surface area contributed by atoms with E-state index in [0.29, 0.717) is 0 Å². The molecule has 1 aliphatic rings. The third-order valence-corrected chi connectivity index (χ3v) is 8.87. The predicted molar refractivity (Wildman–Crippen MR) is 143 cm³/mol. The molecule has 0 fully saturated rings. The van der Waals surface area contributed by atoms with Crippen molar-refractivity contribution >= 4 is 45.8 Å².